The van der Waals surface area contributed by atoms with E-state index in [1.807, 2.05) is 30.3 Å². The fourth-order valence-corrected chi connectivity index (χ4v) is 3.59. The molecule has 0 spiro atoms. The molecule has 0 aromatic heterocycles. The normalized spacial score (nSPS) is 29.5. The lowest BCUT2D eigenvalue weighted by atomic mass is 9.47. The van der Waals surface area contributed by atoms with E-state index >= 15 is 0 Å². The second-order valence-corrected chi connectivity index (χ2v) is 5.88. The second-order valence-electron chi connectivity index (χ2n) is 5.88. The van der Waals surface area contributed by atoms with Gasteiger partial charge in [-0.15, -0.1) is 0 Å². The predicted molar refractivity (Wildman–Crippen MR) is 75.5 cm³/mol. The second kappa shape index (κ2) is 5.76. The molecule has 1 amide bonds. The molecular weight excluding hydrogens is 270 g/mol. The molecule has 2 aliphatic rings. The van der Waals surface area contributed by atoms with Gasteiger partial charge in [-0.3, -0.25) is 4.79 Å². The van der Waals surface area contributed by atoms with Crippen LogP contribution in [0.5, 0.6) is 0 Å². The highest BCUT2D eigenvalue weighted by molar-refractivity contribution is 5.73. The maximum absolute atomic E-state index is 11.7. The molecule has 21 heavy (non-hydrogen) atoms. The summed E-state index contributed by atoms with van der Waals surface area (Å²) in [4.78, 5) is 22.9. The highest BCUT2D eigenvalue weighted by Crippen LogP contribution is 2.58. The van der Waals surface area contributed by atoms with Crippen LogP contribution in [0.1, 0.15) is 18.4 Å². The molecule has 2 aliphatic carbocycles. The summed E-state index contributed by atoms with van der Waals surface area (Å²) in [7, 11) is 0. The molecular formula is C16H19NO4. The Labute approximate surface area is 123 Å². The number of carbonyl (C=O) groups is 2. The van der Waals surface area contributed by atoms with Gasteiger partial charge in [-0.2, -0.15) is 0 Å². The molecule has 0 saturated heterocycles. The van der Waals surface area contributed by atoms with Crippen molar-refractivity contribution in [1.82, 2.24) is 5.32 Å². The van der Waals surface area contributed by atoms with Crippen molar-refractivity contribution in [1.29, 1.82) is 0 Å². The Morgan fingerprint density at radius 3 is 2.52 bits per heavy atom. The maximum atomic E-state index is 11.7. The fourth-order valence-electron chi connectivity index (χ4n) is 3.59. The van der Waals surface area contributed by atoms with Gasteiger partial charge < -0.3 is 15.2 Å². The number of fused-ring (bicyclic) bond motifs is 1. The van der Waals surface area contributed by atoms with Crippen molar-refractivity contribution in [3.63, 3.8) is 0 Å². The first-order valence-electron chi connectivity index (χ1n) is 7.34. The predicted octanol–water partition coefficient (Wildman–Crippen LogP) is 2.27. The monoisotopic (exact) mass is 289 g/mol. The third-order valence-corrected chi connectivity index (χ3v) is 4.84. The fraction of sp³-hybridized carbons (Fsp3) is 0.500. The topological polar surface area (TPSA) is 75.6 Å². The summed E-state index contributed by atoms with van der Waals surface area (Å²) in [5.74, 6) is -0.167. The van der Waals surface area contributed by atoms with Crippen molar-refractivity contribution in [2.45, 2.75) is 19.4 Å². The van der Waals surface area contributed by atoms with E-state index in [0.29, 0.717) is 18.4 Å². The van der Waals surface area contributed by atoms with Crippen LogP contribution in [-0.2, 0) is 16.1 Å². The number of hydrogen-bond donors (Lipinski definition) is 2. The Kier molecular flexibility index (Phi) is 3.82. The lowest BCUT2D eigenvalue weighted by Gasteiger charge is -2.57. The molecule has 0 heterocycles. The standard InChI is InChI=1S/C16H19NO4/c18-15(19)14-12-7-6-11(12)13(14)8-17-16(20)21-9-10-4-2-1-3-5-10/h1-5,11-14H,6-9H2,(H,17,20)(H,18,19)/t11-,12+,13+,14-/m0/s1. The van der Waals surface area contributed by atoms with Crippen LogP contribution in [0.15, 0.2) is 30.3 Å². The van der Waals surface area contributed by atoms with E-state index < -0.39 is 12.1 Å². The summed E-state index contributed by atoms with van der Waals surface area (Å²) >= 11 is 0. The molecule has 1 aromatic rings. The molecule has 2 N–H and O–H groups in total. The number of carbonyl (C=O) groups excluding carboxylic acids is 1. The lowest BCUT2D eigenvalue weighted by Crippen LogP contribution is -2.59. The van der Waals surface area contributed by atoms with Crippen molar-refractivity contribution < 1.29 is 19.4 Å². The number of aliphatic carboxylic acids is 1. The number of carboxylic acid groups (broad SMARTS) is 1. The summed E-state index contributed by atoms with van der Waals surface area (Å²) in [6.07, 6.45) is 1.61. The van der Waals surface area contributed by atoms with Gasteiger partial charge in [0.25, 0.3) is 0 Å². The molecule has 2 saturated carbocycles. The SMILES string of the molecule is O=C(NC[C@@H]1[C@H]2CC[C@H]2[C@@H]1C(=O)O)OCc1ccccc1. The summed E-state index contributed by atoms with van der Waals surface area (Å²) in [5.41, 5.74) is 0.929. The van der Waals surface area contributed by atoms with Crippen molar-refractivity contribution in [2.75, 3.05) is 6.54 Å². The zero-order valence-electron chi connectivity index (χ0n) is 11.7. The van der Waals surface area contributed by atoms with Crippen LogP contribution >= 0.6 is 0 Å². The van der Waals surface area contributed by atoms with E-state index in [9.17, 15) is 14.7 Å². The minimum Gasteiger partial charge on any atom is -0.481 e. The Morgan fingerprint density at radius 2 is 1.90 bits per heavy atom. The van der Waals surface area contributed by atoms with Gasteiger partial charge in [0.15, 0.2) is 0 Å². The number of ether oxygens (including phenoxy) is 1. The van der Waals surface area contributed by atoms with Crippen molar-refractivity contribution in [2.24, 2.45) is 23.7 Å². The van der Waals surface area contributed by atoms with Crippen LogP contribution in [0.4, 0.5) is 4.79 Å². The van der Waals surface area contributed by atoms with Crippen LogP contribution in [-0.4, -0.2) is 23.7 Å². The lowest BCUT2D eigenvalue weighted by molar-refractivity contribution is -0.171. The molecule has 2 fully saturated rings. The average molecular weight is 289 g/mol. The van der Waals surface area contributed by atoms with Crippen LogP contribution in [0, 0.1) is 23.7 Å². The summed E-state index contributed by atoms with van der Waals surface area (Å²) in [6, 6.07) is 9.46. The Hall–Kier alpha value is -2.04. The van der Waals surface area contributed by atoms with E-state index in [0.717, 1.165) is 18.4 Å². The van der Waals surface area contributed by atoms with Gasteiger partial charge in [0.1, 0.15) is 6.61 Å². The summed E-state index contributed by atoms with van der Waals surface area (Å²) in [5, 5.41) is 11.9. The molecule has 0 radical (unpaired) electrons. The molecule has 3 rings (SSSR count). The van der Waals surface area contributed by atoms with Gasteiger partial charge >= 0.3 is 12.1 Å². The smallest absolute Gasteiger partial charge is 0.407 e. The Balaban J connectivity index is 1.43. The maximum Gasteiger partial charge on any atom is 0.407 e. The zero-order valence-corrected chi connectivity index (χ0v) is 11.7. The molecule has 0 unspecified atom stereocenters. The number of carboxylic acids is 1. The van der Waals surface area contributed by atoms with E-state index in [1.165, 1.54) is 0 Å². The minimum absolute atomic E-state index is 0.0607. The number of nitrogens with one attached hydrogen (secondary N) is 1. The van der Waals surface area contributed by atoms with Crippen LogP contribution in [0.25, 0.3) is 0 Å². The summed E-state index contributed by atoms with van der Waals surface area (Å²) < 4.78 is 5.13. The molecule has 0 aliphatic heterocycles. The van der Waals surface area contributed by atoms with Crippen LogP contribution in [0.3, 0.4) is 0 Å². The highest BCUT2D eigenvalue weighted by Gasteiger charge is 2.58. The number of rotatable bonds is 5. The summed E-state index contributed by atoms with van der Waals surface area (Å²) in [6.45, 7) is 0.623. The number of alkyl carbamates (subject to hydrolysis) is 1. The minimum atomic E-state index is -0.736. The van der Waals surface area contributed by atoms with Crippen molar-refractivity contribution >= 4 is 12.1 Å². The van der Waals surface area contributed by atoms with E-state index in [1.54, 1.807) is 0 Å². The van der Waals surface area contributed by atoms with Gasteiger partial charge in [0, 0.05) is 6.54 Å². The first-order valence-corrected chi connectivity index (χ1v) is 7.34. The largest absolute Gasteiger partial charge is 0.481 e. The highest BCUT2D eigenvalue weighted by atomic mass is 16.5. The first kappa shape index (κ1) is 13.9. The van der Waals surface area contributed by atoms with E-state index in [4.69, 9.17) is 4.74 Å². The molecule has 1 aromatic carbocycles. The first-order chi connectivity index (χ1) is 10.2. The molecule has 5 nitrogen and oxygen atoms in total. The third-order valence-electron chi connectivity index (χ3n) is 4.84. The van der Waals surface area contributed by atoms with Crippen LogP contribution in [0.2, 0.25) is 0 Å². The Morgan fingerprint density at radius 1 is 1.19 bits per heavy atom. The van der Waals surface area contributed by atoms with Gasteiger partial charge in [0.2, 0.25) is 0 Å². The van der Waals surface area contributed by atoms with Gasteiger partial charge in [0.05, 0.1) is 5.92 Å². The van der Waals surface area contributed by atoms with Gasteiger partial charge in [-0.1, -0.05) is 30.3 Å². The van der Waals surface area contributed by atoms with E-state index in [-0.39, 0.29) is 18.4 Å². The molecule has 5 heteroatoms. The van der Waals surface area contributed by atoms with Crippen molar-refractivity contribution in [3.8, 4) is 0 Å². The number of amides is 1. The van der Waals surface area contributed by atoms with Gasteiger partial charge in [-0.25, -0.2) is 4.79 Å². The third kappa shape index (κ3) is 2.73. The molecule has 4 atom stereocenters. The molecule has 0 bridgehead atoms. The van der Waals surface area contributed by atoms with Crippen LogP contribution < -0.4 is 5.32 Å². The molecule has 112 valence electrons. The van der Waals surface area contributed by atoms with E-state index in [2.05, 4.69) is 5.32 Å². The quantitative estimate of drug-likeness (QED) is 0.872. The zero-order chi connectivity index (χ0) is 14.8. The average Bonchev–Trinajstić information content (AvgIpc) is 2.46. The Bertz CT molecular complexity index is 530. The number of benzene rings is 1. The number of hydrogen-bond acceptors (Lipinski definition) is 3. The van der Waals surface area contributed by atoms with Gasteiger partial charge in [-0.05, 0) is 36.2 Å². The van der Waals surface area contributed by atoms with Crippen molar-refractivity contribution in [3.05, 3.63) is 35.9 Å².